The molecule has 186 valence electrons. The van der Waals surface area contributed by atoms with Gasteiger partial charge in [0.1, 0.15) is 17.3 Å². The van der Waals surface area contributed by atoms with E-state index in [2.05, 4.69) is 15.5 Å². The van der Waals surface area contributed by atoms with Gasteiger partial charge in [-0.3, -0.25) is 9.36 Å². The molecular formula is C25H21Cl2FN4O3S. The highest BCUT2D eigenvalue weighted by Crippen LogP contribution is 2.31. The van der Waals surface area contributed by atoms with Crippen molar-refractivity contribution in [3.8, 4) is 17.2 Å². The number of hydrogen-bond donors (Lipinski definition) is 1. The molecule has 1 heterocycles. The van der Waals surface area contributed by atoms with Crippen molar-refractivity contribution >= 4 is 40.9 Å². The van der Waals surface area contributed by atoms with Crippen LogP contribution in [0.15, 0.2) is 65.8 Å². The van der Waals surface area contributed by atoms with Crippen LogP contribution in [0.5, 0.6) is 11.5 Å². The minimum absolute atomic E-state index is 0.0608. The fraction of sp³-hybridized carbons (Fsp3) is 0.160. The number of nitrogens with one attached hydrogen (secondary N) is 1. The zero-order valence-corrected chi connectivity index (χ0v) is 21.6. The summed E-state index contributed by atoms with van der Waals surface area (Å²) in [7, 11) is 3.03. The Bertz CT molecular complexity index is 1360. The number of amides is 1. The number of carbonyl (C=O) groups excluding carboxylic acids is 1. The van der Waals surface area contributed by atoms with Crippen LogP contribution in [0.1, 0.15) is 21.7 Å². The van der Waals surface area contributed by atoms with Crippen LogP contribution in [0.3, 0.4) is 0 Å². The van der Waals surface area contributed by atoms with Crippen LogP contribution in [-0.4, -0.2) is 34.9 Å². The zero-order valence-electron chi connectivity index (χ0n) is 19.3. The summed E-state index contributed by atoms with van der Waals surface area (Å²) in [6.45, 7) is 0.0608. The molecular weight excluding hydrogens is 526 g/mol. The number of hydrogen-bond acceptors (Lipinski definition) is 6. The molecule has 0 aliphatic heterocycles. The summed E-state index contributed by atoms with van der Waals surface area (Å²) in [5.74, 6) is 1.31. The van der Waals surface area contributed by atoms with Gasteiger partial charge in [0.25, 0.3) is 5.91 Å². The highest BCUT2D eigenvalue weighted by atomic mass is 35.5. The van der Waals surface area contributed by atoms with Crippen molar-refractivity contribution in [3.63, 3.8) is 0 Å². The smallest absolute Gasteiger partial charge is 0.251 e. The van der Waals surface area contributed by atoms with Crippen molar-refractivity contribution < 1.29 is 18.7 Å². The van der Waals surface area contributed by atoms with Gasteiger partial charge >= 0.3 is 0 Å². The van der Waals surface area contributed by atoms with E-state index in [1.54, 1.807) is 53.1 Å². The van der Waals surface area contributed by atoms with E-state index in [4.69, 9.17) is 32.7 Å². The van der Waals surface area contributed by atoms with Crippen molar-refractivity contribution in [2.75, 3.05) is 14.2 Å². The Hall–Kier alpha value is -3.27. The Morgan fingerprint density at radius 1 is 1.00 bits per heavy atom. The molecule has 0 spiro atoms. The predicted molar refractivity (Wildman–Crippen MR) is 138 cm³/mol. The summed E-state index contributed by atoms with van der Waals surface area (Å²) >= 11 is 14.1. The molecule has 0 aliphatic carbocycles. The number of methoxy groups -OCH3 is 2. The number of ether oxygens (including phenoxy) is 2. The minimum Gasteiger partial charge on any atom is -0.497 e. The van der Waals surface area contributed by atoms with Gasteiger partial charge in [-0.25, -0.2) is 4.39 Å². The second-order valence-corrected chi connectivity index (χ2v) is 9.32. The van der Waals surface area contributed by atoms with E-state index in [9.17, 15) is 9.18 Å². The number of benzene rings is 3. The van der Waals surface area contributed by atoms with Gasteiger partial charge < -0.3 is 14.8 Å². The molecule has 0 atom stereocenters. The molecule has 0 aliphatic rings. The number of carbonyl (C=O) groups is 1. The van der Waals surface area contributed by atoms with E-state index in [0.717, 1.165) is 5.56 Å². The molecule has 4 rings (SSSR count). The van der Waals surface area contributed by atoms with Crippen LogP contribution in [0.4, 0.5) is 4.39 Å². The van der Waals surface area contributed by atoms with Crippen molar-refractivity contribution in [2.45, 2.75) is 17.5 Å². The normalized spacial score (nSPS) is 10.8. The van der Waals surface area contributed by atoms with Crippen molar-refractivity contribution in [2.24, 2.45) is 0 Å². The molecule has 0 radical (unpaired) electrons. The van der Waals surface area contributed by atoms with Crippen LogP contribution in [0.25, 0.3) is 5.69 Å². The highest BCUT2D eigenvalue weighted by Gasteiger charge is 2.19. The standard InChI is InChI=1S/C25H21Cl2FN4O3S/c1-34-19-9-16(10-20(12-19)35-2)24(33)29-13-23-30-31-25(36-14-15-3-6-18(28)7-4-15)32(23)22-11-17(26)5-8-21(22)27/h3-12H,13-14H2,1-2H3,(H,29,33). The molecule has 1 N–H and O–H groups in total. The lowest BCUT2D eigenvalue weighted by atomic mass is 10.2. The fourth-order valence-electron chi connectivity index (χ4n) is 3.34. The van der Waals surface area contributed by atoms with Gasteiger partial charge in [-0.1, -0.05) is 47.1 Å². The SMILES string of the molecule is COc1cc(OC)cc(C(=O)NCc2nnc(SCc3ccc(F)cc3)n2-c2cc(Cl)ccc2Cl)c1. The molecule has 4 aromatic rings. The summed E-state index contributed by atoms with van der Waals surface area (Å²) < 4.78 is 25.5. The van der Waals surface area contributed by atoms with E-state index in [0.29, 0.717) is 49.5 Å². The molecule has 1 aromatic heterocycles. The number of aromatic nitrogens is 3. The Morgan fingerprint density at radius 2 is 1.69 bits per heavy atom. The van der Waals surface area contributed by atoms with Crippen LogP contribution in [0.2, 0.25) is 10.0 Å². The largest absolute Gasteiger partial charge is 0.497 e. The topological polar surface area (TPSA) is 78.3 Å². The summed E-state index contributed by atoms with van der Waals surface area (Å²) in [4.78, 5) is 12.9. The average Bonchev–Trinajstić information content (AvgIpc) is 3.30. The summed E-state index contributed by atoms with van der Waals surface area (Å²) in [5, 5.41) is 12.9. The first kappa shape index (κ1) is 25.8. The number of halogens is 3. The Kier molecular flexibility index (Phi) is 8.35. The first-order valence-corrected chi connectivity index (χ1v) is 12.4. The molecule has 1 amide bonds. The molecule has 0 saturated carbocycles. The van der Waals surface area contributed by atoms with Gasteiger partial charge in [0.15, 0.2) is 11.0 Å². The lowest BCUT2D eigenvalue weighted by Gasteiger charge is -2.13. The van der Waals surface area contributed by atoms with E-state index >= 15 is 0 Å². The molecule has 7 nitrogen and oxygen atoms in total. The Labute approximate surface area is 221 Å². The van der Waals surface area contributed by atoms with Crippen LogP contribution in [-0.2, 0) is 12.3 Å². The zero-order chi connectivity index (χ0) is 25.7. The van der Waals surface area contributed by atoms with Crippen LogP contribution in [0, 0.1) is 5.82 Å². The number of nitrogens with zero attached hydrogens (tertiary/aromatic N) is 3. The number of rotatable bonds is 9. The molecule has 36 heavy (non-hydrogen) atoms. The first-order valence-electron chi connectivity index (χ1n) is 10.7. The Morgan fingerprint density at radius 3 is 2.36 bits per heavy atom. The minimum atomic E-state index is -0.348. The van der Waals surface area contributed by atoms with Gasteiger partial charge in [0.05, 0.1) is 31.5 Å². The molecule has 0 bridgehead atoms. The Balaban J connectivity index is 1.61. The van der Waals surface area contributed by atoms with E-state index < -0.39 is 0 Å². The lowest BCUT2D eigenvalue weighted by molar-refractivity contribution is 0.0949. The van der Waals surface area contributed by atoms with Crippen molar-refractivity contribution in [1.29, 1.82) is 0 Å². The molecule has 0 fully saturated rings. The van der Waals surface area contributed by atoms with E-state index in [-0.39, 0.29) is 18.3 Å². The maximum atomic E-state index is 13.3. The molecule has 0 unspecified atom stereocenters. The quantitative estimate of drug-likeness (QED) is 0.261. The van der Waals surface area contributed by atoms with Gasteiger partial charge in [-0.05, 0) is 48.0 Å². The van der Waals surface area contributed by atoms with E-state index in [1.165, 1.54) is 38.1 Å². The summed E-state index contributed by atoms with van der Waals surface area (Å²) in [6, 6.07) is 16.2. The summed E-state index contributed by atoms with van der Waals surface area (Å²) in [6.07, 6.45) is 0. The molecule has 3 aromatic carbocycles. The van der Waals surface area contributed by atoms with Gasteiger partial charge in [-0.2, -0.15) is 0 Å². The van der Waals surface area contributed by atoms with Gasteiger partial charge in [-0.15, -0.1) is 10.2 Å². The molecule has 0 saturated heterocycles. The molecule has 11 heteroatoms. The average molecular weight is 547 g/mol. The fourth-order valence-corrected chi connectivity index (χ4v) is 4.62. The monoisotopic (exact) mass is 546 g/mol. The third-order valence-corrected chi connectivity index (χ3v) is 6.71. The van der Waals surface area contributed by atoms with Crippen LogP contribution >= 0.6 is 35.0 Å². The second-order valence-electron chi connectivity index (χ2n) is 7.53. The predicted octanol–water partition coefficient (Wildman–Crippen LogP) is 5.95. The van der Waals surface area contributed by atoms with Crippen molar-refractivity contribution in [3.05, 3.63) is 93.5 Å². The van der Waals surface area contributed by atoms with Gasteiger partial charge in [0.2, 0.25) is 0 Å². The first-order chi connectivity index (χ1) is 17.4. The summed E-state index contributed by atoms with van der Waals surface area (Å²) in [5.41, 5.74) is 1.85. The second kappa shape index (κ2) is 11.6. The lowest BCUT2D eigenvalue weighted by Crippen LogP contribution is -2.24. The maximum Gasteiger partial charge on any atom is 0.251 e. The number of thioether (sulfide) groups is 1. The van der Waals surface area contributed by atoms with Crippen molar-refractivity contribution in [1.82, 2.24) is 20.1 Å². The third kappa shape index (κ3) is 6.10. The van der Waals surface area contributed by atoms with E-state index in [1.807, 2.05) is 0 Å². The van der Waals surface area contributed by atoms with Gasteiger partial charge in [0, 0.05) is 22.4 Å². The maximum absolute atomic E-state index is 13.3. The highest BCUT2D eigenvalue weighted by molar-refractivity contribution is 7.98. The third-order valence-electron chi connectivity index (χ3n) is 5.15. The van der Waals surface area contributed by atoms with Crippen LogP contribution < -0.4 is 14.8 Å².